The third-order valence-corrected chi connectivity index (χ3v) is 1.90. The van der Waals surface area contributed by atoms with Gasteiger partial charge < -0.3 is 15.0 Å². The van der Waals surface area contributed by atoms with Crippen molar-refractivity contribution in [2.24, 2.45) is 0 Å². The number of carbonyl (C=O) groups excluding carboxylic acids is 1. The van der Waals surface area contributed by atoms with Crippen molar-refractivity contribution < 1.29 is 9.90 Å². The molecule has 2 N–H and O–H groups in total. The number of hydrogen-bond donors (Lipinski definition) is 2. The number of imidazole rings is 1. The average molecular weight is 197 g/mol. The maximum absolute atomic E-state index is 11.1. The molecule has 0 unspecified atom stereocenters. The number of amides is 1. The van der Waals surface area contributed by atoms with Gasteiger partial charge in [-0.15, -0.1) is 0 Å². The van der Waals surface area contributed by atoms with Crippen LogP contribution in [-0.2, 0) is 17.9 Å². The molecule has 0 saturated carbocycles. The van der Waals surface area contributed by atoms with E-state index in [1.165, 1.54) is 0 Å². The van der Waals surface area contributed by atoms with Gasteiger partial charge in [0.2, 0.25) is 5.91 Å². The van der Waals surface area contributed by atoms with Crippen molar-refractivity contribution in [2.75, 3.05) is 6.54 Å². The van der Waals surface area contributed by atoms with Gasteiger partial charge in [0.15, 0.2) is 0 Å². The van der Waals surface area contributed by atoms with Crippen molar-refractivity contribution >= 4 is 5.91 Å². The molecule has 0 radical (unpaired) electrons. The number of aromatic nitrogens is 2. The summed E-state index contributed by atoms with van der Waals surface area (Å²) in [5.74, 6) is 0.611. The van der Waals surface area contributed by atoms with Crippen molar-refractivity contribution in [1.29, 1.82) is 0 Å². The molecular formula is C9H15N3O2. The van der Waals surface area contributed by atoms with Crippen molar-refractivity contribution in [1.82, 2.24) is 14.9 Å². The third kappa shape index (κ3) is 2.85. The Morgan fingerprint density at radius 3 is 3.14 bits per heavy atom. The molecule has 0 atom stereocenters. The first-order valence-corrected chi connectivity index (χ1v) is 4.65. The number of hydrogen-bond acceptors (Lipinski definition) is 3. The normalized spacial score (nSPS) is 10.1. The Kier molecular flexibility index (Phi) is 4.12. The predicted molar refractivity (Wildman–Crippen MR) is 51.5 cm³/mol. The van der Waals surface area contributed by atoms with Gasteiger partial charge in [-0.3, -0.25) is 4.79 Å². The van der Waals surface area contributed by atoms with Crippen LogP contribution in [0.1, 0.15) is 19.2 Å². The highest BCUT2D eigenvalue weighted by molar-refractivity contribution is 5.75. The number of aryl methyl sites for hydroxylation is 1. The number of aliphatic hydroxyl groups is 1. The van der Waals surface area contributed by atoms with E-state index in [1.807, 2.05) is 6.92 Å². The van der Waals surface area contributed by atoms with Gasteiger partial charge in [-0.1, -0.05) is 0 Å². The van der Waals surface area contributed by atoms with Crippen LogP contribution < -0.4 is 5.32 Å². The van der Waals surface area contributed by atoms with Crippen LogP contribution >= 0.6 is 0 Å². The highest BCUT2D eigenvalue weighted by atomic mass is 16.3. The van der Waals surface area contributed by atoms with Crippen LogP contribution in [0.25, 0.3) is 0 Å². The Bertz CT molecular complexity index is 296. The van der Waals surface area contributed by atoms with Crippen LogP contribution in [0.2, 0.25) is 0 Å². The molecule has 0 aliphatic rings. The van der Waals surface area contributed by atoms with E-state index in [2.05, 4.69) is 10.3 Å². The van der Waals surface area contributed by atoms with Gasteiger partial charge in [-0.05, 0) is 6.92 Å². The molecule has 5 nitrogen and oxygen atoms in total. The van der Waals surface area contributed by atoms with E-state index in [9.17, 15) is 4.79 Å². The Hall–Kier alpha value is -1.36. The van der Waals surface area contributed by atoms with Crippen LogP contribution in [0.3, 0.4) is 0 Å². The molecule has 0 fully saturated rings. The Balaban J connectivity index is 2.41. The predicted octanol–water partition coefficient (Wildman–Crippen LogP) is -0.0984. The molecule has 78 valence electrons. The van der Waals surface area contributed by atoms with E-state index in [0.29, 0.717) is 25.3 Å². The zero-order valence-corrected chi connectivity index (χ0v) is 8.23. The summed E-state index contributed by atoms with van der Waals surface area (Å²) in [4.78, 5) is 15.1. The summed E-state index contributed by atoms with van der Waals surface area (Å²) in [6, 6.07) is 0. The summed E-state index contributed by atoms with van der Waals surface area (Å²) in [6.07, 6.45) is 3.78. The van der Waals surface area contributed by atoms with Gasteiger partial charge in [0.25, 0.3) is 0 Å². The minimum atomic E-state index is -0.0948. The first kappa shape index (κ1) is 10.7. The van der Waals surface area contributed by atoms with Crippen LogP contribution in [0, 0.1) is 0 Å². The zero-order valence-electron chi connectivity index (χ0n) is 8.23. The first-order valence-electron chi connectivity index (χ1n) is 4.65. The maximum atomic E-state index is 11.1. The molecule has 0 spiro atoms. The van der Waals surface area contributed by atoms with E-state index in [0.717, 1.165) is 0 Å². The van der Waals surface area contributed by atoms with Crippen LogP contribution in [0.4, 0.5) is 0 Å². The highest BCUT2D eigenvalue weighted by Crippen LogP contribution is 1.98. The summed E-state index contributed by atoms with van der Waals surface area (Å²) in [6.45, 7) is 2.99. The van der Waals surface area contributed by atoms with Gasteiger partial charge in [-0.25, -0.2) is 4.98 Å². The van der Waals surface area contributed by atoms with Crippen LogP contribution in [0.5, 0.6) is 0 Å². The molecule has 1 aromatic heterocycles. The lowest BCUT2D eigenvalue weighted by atomic mass is 10.4. The molecule has 1 amide bonds. The molecule has 5 heteroatoms. The topological polar surface area (TPSA) is 67.2 Å². The van der Waals surface area contributed by atoms with E-state index in [4.69, 9.17) is 5.11 Å². The molecular weight excluding hydrogens is 182 g/mol. The van der Waals surface area contributed by atoms with E-state index < -0.39 is 0 Å². The lowest BCUT2D eigenvalue weighted by Crippen LogP contribution is -2.24. The van der Waals surface area contributed by atoms with Crippen molar-refractivity contribution in [3.63, 3.8) is 0 Å². The number of aliphatic hydroxyl groups excluding tert-OH is 1. The minimum Gasteiger partial charge on any atom is -0.388 e. The van der Waals surface area contributed by atoms with E-state index in [1.54, 1.807) is 17.0 Å². The largest absolute Gasteiger partial charge is 0.388 e. The molecule has 1 aromatic rings. The number of carbonyl (C=O) groups is 1. The average Bonchev–Trinajstić information content (AvgIpc) is 2.62. The third-order valence-electron chi connectivity index (χ3n) is 1.90. The Labute approximate surface area is 82.8 Å². The van der Waals surface area contributed by atoms with Crippen molar-refractivity contribution in [3.05, 3.63) is 18.2 Å². The summed E-state index contributed by atoms with van der Waals surface area (Å²) in [5, 5.41) is 11.6. The Morgan fingerprint density at radius 2 is 2.50 bits per heavy atom. The fourth-order valence-electron chi connectivity index (χ4n) is 1.20. The first-order chi connectivity index (χ1) is 6.77. The molecule has 1 rings (SSSR count). The number of nitrogens with zero attached hydrogens (tertiary/aromatic N) is 2. The van der Waals surface area contributed by atoms with Crippen molar-refractivity contribution in [2.45, 2.75) is 26.5 Å². The summed E-state index contributed by atoms with van der Waals surface area (Å²) >= 11 is 0. The van der Waals surface area contributed by atoms with Crippen LogP contribution in [-0.4, -0.2) is 27.1 Å². The van der Waals surface area contributed by atoms with Gasteiger partial charge in [0.05, 0.1) is 0 Å². The van der Waals surface area contributed by atoms with Gasteiger partial charge in [-0.2, -0.15) is 0 Å². The SMILES string of the molecule is CCNC(=O)CCn1ccnc1CO. The number of nitrogens with one attached hydrogen (secondary N) is 1. The lowest BCUT2D eigenvalue weighted by molar-refractivity contribution is -0.121. The second-order valence-corrected chi connectivity index (χ2v) is 2.90. The van der Waals surface area contributed by atoms with Crippen molar-refractivity contribution in [3.8, 4) is 0 Å². The lowest BCUT2D eigenvalue weighted by Gasteiger charge is -2.05. The second kappa shape index (κ2) is 5.39. The maximum Gasteiger partial charge on any atom is 0.221 e. The summed E-state index contributed by atoms with van der Waals surface area (Å²) < 4.78 is 1.77. The molecule has 0 saturated heterocycles. The highest BCUT2D eigenvalue weighted by Gasteiger charge is 2.03. The molecule has 14 heavy (non-hydrogen) atoms. The quantitative estimate of drug-likeness (QED) is 0.692. The fraction of sp³-hybridized carbons (Fsp3) is 0.556. The molecule has 1 heterocycles. The van der Waals surface area contributed by atoms with Gasteiger partial charge >= 0.3 is 0 Å². The van der Waals surface area contributed by atoms with Gasteiger partial charge in [0, 0.05) is 31.9 Å². The second-order valence-electron chi connectivity index (χ2n) is 2.90. The summed E-state index contributed by atoms with van der Waals surface area (Å²) in [7, 11) is 0. The monoisotopic (exact) mass is 197 g/mol. The van der Waals surface area contributed by atoms with Gasteiger partial charge in [0.1, 0.15) is 12.4 Å². The number of rotatable bonds is 5. The zero-order chi connectivity index (χ0) is 10.4. The van der Waals surface area contributed by atoms with E-state index in [-0.39, 0.29) is 12.5 Å². The molecule has 0 bridgehead atoms. The van der Waals surface area contributed by atoms with E-state index >= 15 is 0 Å². The molecule has 0 aromatic carbocycles. The minimum absolute atomic E-state index is 0.0186. The Morgan fingerprint density at radius 1 is 1.71 bits per heavy atom. The standard InChI is InChI=1S/C9H15N3O2/c1-2-10-9(14)3-5-12-6-4-11-8(12)7-13/h4,6,13H,2-3,5,7H2,1H3,(H,10,14). The molecule has 0 aliphatic carbocycles. The summed E-state index contributed by atoms with van der Waals surface area (Å²) in [5.41, 5.74) is 0. The fourth-order valence-corrected chi connectivity index (χ4v) is 1.20. The van der Waals surface area contributed by atoms with Crippen LogP contribution in [0.15, 0.2) is 12.4 Å². The smallest absolute Gasteiger partial charge is 0.221 e. The molecule has 0 aliphatic heterocycles.